The SMILES string of the molecule is Cl.N[C@@H]1CCCN(Cc2cc(Cl)cs2)C1. The van der Waals surface area contributed by atoms with Gasteiger partial charge in [0.1, 0.15) is 0 Å². The number of nitrogens with two attached hydrogens (primary N) is 1. The molecular weight excluding hydrogens is 251 g/mol. The maximum Gasteiger partial charge on any atom is 0.0516 e. The summed E-state index contributed by atoms with van der Waals surface area (Å²) >= 11 is 7.60. The van der Waals surface area contributed by atoms with Crippen LogP contribution in [0.4, 0.5) is 0 Å². The van der Waals surface area contributed by atoms with Crippen LogP contribution in [0.25, 0.3) is 0 Å². The summed E-state index contributed by atoms with van der Waals surface area (Å²) in [5.74, 6) is 0. The van der Waals surface area contributed by atoms with Crippen molar-refractivity contribution in [3.05, 3.63) is 21.3 Å². The molecule has 2 heterocycles. The van der Waals surface area contributed by atoms with Crippen molar-refractivity contribution < 1.29 is 0 Å². The Bertz CT molecular complexity index is 303. The molecule has 5 heteroatoms. The van der Waals surface area contributed by atoms with Crippen molar-refractivity contribution in [1.29, 1.82) is 0 Å². The highest BCUT2D eigenvalue weighted by molar-refractivity contribution is 7.10. The van der Waals surface area contributed by atoms with Gasteiger partial charge in [-0.05, 0) is 25.5 Å². The van der Waals surface area contributed by atoms with Crippen molar-refractivity contribution in [1.82, 2.24) is 4.90 Å². The fraction of sp³-hybridized carbons (Fsp3) is 0.600. The van der Waals surface area contributed by atoms with Gasteiger partial charge in [0.25, 0.3) is 0 Å². The summed E-state index contributed by atoms with van der Waals surface area (Å²) in [4.78, 5) is 3.75. The second kappa shape index (κ2) is 6.06. The molecule has 1 aromatic heterocycles. The Kier molecular flexibility index (Phi) is 5.36. The maximum absolute atomic E-state index is 5.92. The first kappa shape index (κ1) is 13.3. The Morgan fingerprint density at radius 1 is 1.60 bits per heavy atom. The van der Waals surface area contributed by atoms with Crippen LogP contribution in [0.5, 0.6) is 0 Å². The summed E-state index contributed by atoms with van der Waals surface area (Å²) in [5, 5.41) is 2.84. The van der Waals surface area contributed by atoms with Crippen LogP contribution in [-0.4, -0.2) is 24.0 Å². The van der Waals surface area contributed by atoms with Crippen molar-refractivity contribution in [2.75, 3.05) is 13.1 Å². The standard InChI is InChI=1S/C10H15ClN2S.ClH/c11-8-4-10(14-7-8)6-13-3-1-2-9(12)5-13;/h4,7,9H,1-3,5-6,12H2;1H/t9-;/m1./s1. The molecule has 15 heavy (non-hydrogen) atoms. The van der Waals surface area contributed by atoms with Crippen LogP contribution < -0.4 is 5.73 Å². The molecule has 86 valence electrons. The largest absolute Gasteiger partial charge is 0.327 e. The summed E-state index contributed by atoms with van der Waals surface area (Å²) in [7, 11) is 0. The topological polar surface area (TPSA) is 29.3 Å². The van der Waals surface area contributed by atoms with Crippen LogP contribution in [0.1, 0.15) is 17.7 Å². The Morgan fingerprint density at radius 2 is 2.40 bits per heavy atom. The van der Waals surface area contributed by atoms with Crippen LogP contribution in [0.2, 0.25) is 5.02 Å². The highest BCUT2D eigenvalue weighted by Crippen LogP contribution is 2.21. The van der Waals surface area contributed by atoms with Crippen LogP contribution in [0.3, 0.4) is 0 Å². The summed E-state index contributed by atoms with van der Waals surface area (Å²) < 4.78 is 0. The smallest absolute Gasteiger partial charge is 0.0516 e. The Morgan fingerprint density at radius 3 is 3.00 bits per heavy atom. The minimum Gasteiger partial charge on any atom is -0.327 e. The lowest BCUT2D eigenvalue weighted by molar-refractivity contribution is 0.203. The van der Waals surface area contributed by atoms with Gasteiger partial charge in [-0.25, -0.2) is 0 Å². The van der Waals surface area contributed by atoms with Crippen LogP contribution >= 0.6 is 35.3 Å². The van der Waals surface area contributed by atoms with Gasteiger partial charge in [-0.15, -0.1) is 23.7 Å². The molecule has 0 unspecified atom stereocenters. The first-order valence-electron chi connectivity index (χ1n) is 4.95. The minimum atomic E-state index is 0. The lowest BCUT2D eigenvalue weighted by Crippen LogP contribution is -2.42. The molecular formula is C10H16Cl2N2S. The molecule has 2 N–H and O–H groups in total. The molecule has 1 fully saturated rings. The van der Waals surface area contributed by atoms with Gasteiger partial charge in [0.2, 0.25) is 0 Å². The Hall–Kier alpha value is 0.200. The van der Waals surface area contributed by atoms with E-state index in [1.165, 1.54) is 24.3 Å². The van der Waals surface area contributed by atoms with Crippen molar-refractivity contribution >= 4 is 35.3 Å². The zero-order chi connectivity index (χ0) is 9.97. The molecule has 1 aliphatic rings. The van der Waals surface area contributed by atoms with Crippen molar-refractivity contribution in [3.63, 3.8) is 0 Å². The highest BCUT2D eigenvalue weighted by Gasteiger charge is 2.16. The second-order valence-electron chi connectivity index (χ2n) is 3.87. The van der Waals surface area contributed by atoms with E-state index in [1.54, 1.807) is 11.3 Å². The summed E-state index contributed by atoms with van der Waals surface area (Å²) in [6, 6.07) is 2.41. The number of hydrogen-bond donors (Lipinski definition) is 1. The summed E-state index contributed by atoms with van der Waals surface area (Å²) in [6.45, 7) is 3.20. The highest BCUT2D eigenvalue weighted by atomic mass is 35.5. The van der Waals surface area contributed by atoms with E-state index >= 15 is 0 Å². The first-order valence-corrected chi connectivity index (χ1v) is 6.20. The summed E-state index contributed by atoms with van der Waals surface area (Å²) in [5.41, 5.74) is 5.92. The van der Waals surface area contributed by atoms with Gasteiger partial charge >= 0.3 is 0 Å². The monoisotopic (exact) mass is 266 g/mol. The molecule has 1 atom stereocenters. The lowest BCUT2D eigenvalue weighted by Gasteiger charge is -2.30. The maximum atomic E-state index is 5.92. The van der Waals surface area contributed by atoms with Gasteiger partial charge in [-0.3, -0.25) is 4.90 Å². The Labute approximate surface area is 106 Å². The molecule has 1 aromatic rings. The van der Waals surface area contributed by atoms with Gasteiger partial charge in [0.05, 0.1) is 5.02 Å². The normalized spacial score (nSPS) is 22.4. The number of thiophene rings is 1. The number of halogens is 2. The molecule has 0 saturated carbocycles. The third-order valence-electron chi connectivity index (χ3n) is 2.54. The molecule has 0 bridgehead atoms. The van der Waals surface area contributed by atoms with Gasteiger partial charge in [0.15, 0.2) is 0 Å². The fourth-order valence-electron chi connectivity index (χ4n) is 1.89. The number of rotatable bonds is 2. The molecule has 0 aliphatic carbocycles. The predicted octanol–water partition coefficient (Wildman–Crippen LogP) is 2.75. The zero-order valence-corrected chi connectivity index (χ0v) is 10.9. The first-order chi connectivity index (χ1) is 6.74. The zero-order valence-electron chi connectivity index (χ0n) is 8.49. The molecule has 0 spiro atoms. The molecule has 1 saturated heterocycles. The molecule has 2 nitrogen and oxygen atoms in total. The molecule has 0 radical (unpaired) electrons. The van der Waals surface area contributed by atoms with Crippen LogP contribution in [0, 0.1) is 0 Å². The average Bonchev–Trinajstić information content (AvgIpc) is 2.51. The van der Waals surface area contributed by atoms with Gasteiger partial charge in [0, 0.05) is 29.4 Å². The number of likely N-dealkylation sites (tertiary alicyclic amines) is 1. The average molecular weight is 267 g/mol. The van der Waals surface area contributed by atoms with E-state index < -0.39 is 0 Å². The van der Waals surface area contributed by atoms with Crippen molar-refractivity contribution in [3.8, 4) is 0 Å². The van der Waals surface area contributed by atoms with E-state index in [0.29, 0.717) is 6.04 Å². The second-order valence-corrected chi connectivity index (χ2v) is 5.30. The van der Waals surface area contributed by atoms with E-state index in [9.17, 15) is 0 Å². The van der Waals surface area contributed by atoms with Crippen LogP contribution in [0.15, 0.2) is 11.4 Å². The number of piperidine rings is 1. The van der Waals surface area contributed by atoms with E-state index in [4.69, 9.17) is 17.3 Å². The lowest BCUT2D eigenvalue weighted by atomic mass is 10.1. The molecule has 1 aliphatic heterocycles. The molecule has 0 amide bonds. The van der Waals surface area contributed by atoms with Crippen molar-refractivity contribution in [2.24, 2.45) is 5.73 Å². The van der Waals surface area contributed by atoms with Gasteiger partial charge < -0.3 is 5.73 Å². The predicted molar refractivity (Wildman–Crippen MR) is 69.1 cm³/mol. The van der Waals surface area contributed by atoms with Crippen molar-refractivity contribution in [2.45, 2.75) is 25.4 Å². The van der Waals surface area contributed by atoms with E-state index in [1.807, 2.05) is 11.4 Å². The quantitative estimate of drug-likeness (QED) is 0.892. The van der Waals surface area contributed by atoms with Crippen LogP contribution in [-0.2, 0) is 6.54 Å². The minimum absolute atomic E-state index is 0. The Balaban J connectivity index is 0.00000112. The molecule has 2 rings (SSSR count). The fourth-order valence-corrected chi connectivity index (χ4v) is 3.01. The summed E-state index contributed by atoms with van der Waals surface area (Å²) in [6.07, 6.45) is 2.39. The van der Waals surface area contributed by atoms with E-state index in [0.717, 1.165) is 18.1 Å². The van der Waals surface area contributed by atoms with Gasteiger partial charge in [-0.2, -0.15) is 0 Å². The number of nitrogens with zero attached hydrogens (tertiary/aromatic N) is 1. The number of hydrogen-bond acceptors (Lipinski definition) is 3. The third kappa shape index (κ3) is 3.93. The van der Waals surface area contributed by atoms with Gasteiger partial charge in [-0.1, -0.05) is 11.6 Å². The van der Waals surface area contributed by atoms with E-state index in [-0.39, 0.29) is 12.4 Å². The van der Waals surface area contributed by atoms with E-state index in [2.05, 4.69) is 4.90 Å². The molecule has 0 aromatic carbocycles. The third-order valence-corrected chi connectivity index (χ3v) is 3.81.